The second-order valence-electron chi connectivity index (χ2n) is 6.70. The SMILES string of the molecule is N#Cc1ccc(CSc2nc3cc(Cl)ccc3c(=O)n2CC2CCCO2)cc1. The lowest BCUT2D eigenvalue weighted by Gasteiger charge is -2.16. The minimum absolute atomic E-state index is 0.0403. The summed E-state index contributed by atoms with van der Waals surface area (Å²) in [5.74, 6) is 0.649. The van der Waals surface area contributed by atoms with Crippen molar-refractivity contribution in [1.29, 1.82) is 5.26 Å². The average Bonchev–Trinajstić information content (AvgIpc) is 3.22. The summed E-state index contributed by atoms with van der Waals surface area (Å²) in [7, 11) is 0. The Kier molecular flexibility index (Phi) is 5.67. The van der Waals surface area contributed by atoms with E-state index in [1.54, 1.807) is 34.9 Å². The van der Waals surface area contributed by atoms with Gasteiger partial charge < -0.3 is 4.74 Å². The molecule has 1 unspecified atom stereocenters. The van der Waals surface area contributed by atoms with E-state index in [0.29, 0.717) is 38.9 Å². The molecule has 7 heteroatoms. The molecule has 1 saturated heterocycles. The van der Waals surface area contributed by atoms with Gasteiger partial charge >= 0.3 is 0 Å². The monoisotopic (exact) mass is 411 g/mol. The molecule has 0 radical (unpaired) electrons. The molecule has 142 valence electrons. The fourth-order valence-electron chi connectivity index (χ4n) is 3.26. The highest BCUT2D eigenvalue weighted by Crippen LogP contribution is 2.25. The van der Waals surface area contributed by atoms with Crippen molar-refractivity contribution in [2.45, 2.75) is 36.4 Å². The van der Waals surface area contributed by atoms with Gasteiger partial charge in [-0.1, -0.05) is 35.5 Å². The largest absolute Gasteiger partial charge is 0.376 e. The highest BCUT2D eigenvalue weighted by atomic mass is 35.5. The smallest absolute Gasteiger partial charge is 0.262 e. The Morgan fingerprint density at radius 2 is 2.11 bits per heavy atom. The number of hydrogen-bond donors (Lipinski definition) is 0. The summed E-state index contributed by atoms with van der Waals surface area (Å²) in [5, 5.41) is 10.7. The molecule has 3 aromatic rings. The predicted molar refractivity (Wildman–Crippen MR) is 111 cm³/mol. The van der Waals surface area contributed by atoms with Crippen LogP contribution in [0.2, 0.25) is 5.02 Å². The van der Waals surface area contributed by atoms with E-state index in [2.05, 4.69) is 6.07 Å². The zero-order valence-electron chi connectivity index (χ0n) is 15.1. The first-order chi connectivity index (χ1) is 13.6. The van der Waals surface area contributed by atoms with Crippen LogP contribution in [0.15, 0.2) is 52.4 Å². The first kappa shape index (κ1) is 19.0. The lowest BCUT2D eigenvalue weighted by atomic mass is 10.2. The Bertz CT molecular complexity index is 1100. The number of halogens is 1. The Morgan fingerprint density at radius 3 is 2.82 bits per heavy atom. The van der Waals surface area contributed by atoms with Crippen molar-refractivity contribution in [1.82, 2.24) is 9.55 Å². The molecule has 1 aromatic heterocycles. The molecule has 0 N–H and O–H groups in total. The van der Waals surface area contributed by atoms with Gasteiger partial charge in [0.1, 0.15) is 0 Å². The molecule has 2 heterocycles. The van der Waals surface area contributed by atoms with E-state index in [0.717, 1.165) is 25.0 Å². The number of nitrogens with zero attached hydrogens (tertiary/aromatic N) is 3. The first-order valence-electron chi connectivity index (χ1n) is 9.07. The first-order valence-corrected chi connectivity index (χ1v) is 10.4. The Morgan fingerprint density at radius 1 is 1.29 bits per heavy atom. The Hall–Kier alpha value is -2.33. The van der Waals surface area contributed by atoms with Crippen molar-refractivity contribution in [2.24, 2.45) is 0 Å². The van der Waals surface area contributed by atoms with E-state index in [1.807, 2.05) is 12.1 Å². The van der Waals surface area contributed by atoms with Crippen LogP contribution in [-0.2, 0) is 17.0 Å². The molecule has 0 amide bonds. The number of fused-ring (bicyclic) bond motifs is 1. The summed E-state index contributed by atoms with van der Waals surface area (Å²) in [6.45, 7) is 1.24. The van der Waals surface area contributed by atoms with Crippen molar-refractivity contribution in [3.63, 3.8) is 0 Å². The summed E-state index contributed by atoms with van der Waals surface area (Å²) in [6, 6.07) is 14.7. The van der Waals surface area contributed by atoms with Gasteiger partial charge in [-0.05, 0) is 48.7 Å². The van der Waals surface area contributed by atoms with E-state index in [-0.39, 0.29) is 11.7 Å². The third kappa shape index (κ3) is 4.07. The number of hydrogen-bond acceptors (Lipinski definition) is 5. The van der Waals surface area contributed by atoms with Crippen LogP contribution in [0.25, 0.3) is 10.9 Å². The highest BCUT2D eigenvalue weighted by molar-refractivity contribution is 7.98. The van der Waals surface area contributed by atoms with Crippen molar-refractivity contribution < 1.29 is 4.74 Å². The van der Waals surface area contributed by atoms with Crippen molar-refractivity contribution in [3.05, 3.63) is 69.0 Å². The van der Waals surface area contributed by atoms with E-state index in [1.165, 1.54) is 11.8 Å². The number of nitriles is 1. The third-order valence-electron chi connectivity index (χ3n) is 4.74. The zero-order chi connectivity index (χ0) is 19.5. The van der Waals surface area contributed by atoms with Crippen molar-refractivity contribution in [2.75, 3.05) is 6.61 Å². The average molecular weight is 412 g/mol. The minimum atomic E-state index is -0.0699. The maximum absolute atomic E-state index is 13.1. The zero-order valence-corrected chi connectivity index (χ0v) is 16.7. The van der Waals surface area contributed by atoms with Gasteiger partial charge in [0.2, 0.25) is 0 Å². The van der Waals surface area contributed by atoms with Gasteiger partial charge in [0.15, 0.2) is 5.16 Å². The Balaban J connectivity index is 1.68. The molecular weight excluding hydrogens is 394 g/mol. The quantitative estimate of drug-likeness (QED) is 0.460. The van der Waals surface area contributed by atoms with Gasteiger partial charge in [-0.15, -0.1) is 0 Å². The molecule has 2 aromatic carbocycles. The number of ether oxygens (including phenoxy) is 1. The topological polar surface area (TPSA) is 67.9 Å². The maximum Gasteiger partial charge on any atom is 0.262 e. The van der Waals surface area contributed by atoms with Crippen LogP contribution in [0.3, 0.4) is 0 Å². The van der Waals surface area contributed by atoms with Crippen LogP contribution in [0.1, 0.15) is 24.0 Å². The van der Waals surface area contributed by atoms with Crippen molar-refractivity contribution >= 4 is 34.3 Å². The second-order valence-corrected chi connectivity index (χ2v) is 8.08. The fraction of sp³-hybridized carbons (Fsp3) is 0.286. The summed E-state index contributed by atoms with van der Waals surface area (Å²) in [5.41, 5.74) is 2.22. The molecule has 0 aliphatic carbocycles. The Labute approximate surface area is 171 Å². The minimum Gasteiger partial charge on any atom is -0.376 e. The van der Waals surface area contributed by atoms with Crippen LogP contribution in [0.4, 0.5) is 0 Å². The van der Waals surface area contributed by atoms with Crippen molar-refractivity contribution in [3.8, 4) is 6.07 Å². The molecule has 5 nitrogen and oxygen atoms in total. The fourth-order valence-corrected chi connectivity index (χ4v) is 4.39. The van der Waals surface area contributed by atoms with E-state index in [4.69, 9.17) is 26.6 Å². The summed E-state index contributed by atoms with van der Waals surface area (Å²) in [4.78, 5) is 17.8. The van der Waals surface area contributed by atoms with Gasteiger partial charge in [0.05, 0.1) is 35.2 Å². The van der Waals surface area contributed by atoms with Crippen LogP contribution < -0.4 is 5.56 Å². The third-order valence-corrected chi connectivity index (χ3v) is 6.03. The van der Waals surface area contributed by atoms with Crippen LogP contribution in [0, 0.1) is 11.3 Å². The maximum atomic E-state index is 13.1. The molecule has 28 heavy (non-hydrogen) atoms. The summed E-state index contributed by atoms with van der Waals surface area (Å²) < 4.78 is 7.46. The highest BCUT2D eigenvalue weighted by Gasteiger charge is 2.20. The van der Waals surface area contributed by atoms with Gasteiger partial charge in [-0.2, -0.15) is 5.26 Å². The van der Waals surface area contributed by atoms with Gasteiger partial charge in [0.25, 0.3) is 5.56 Å². The van der Waals surface area contributed by atoms with E-state index >= 15 is 0 Å². The standard InChI is InChI=1S/C21H18ClN3O2S/c22-16-7-8-18-19(10-16)24-21(25(20(18)26)12-17-2-1-9-27-17)28-13-15-5-3-14(11-23)4-6-15/h3-8,10,17H,1-2,9,12-13H2. The van der Waals surface area contributed by atoms with Gasteiger partial charge in [-0.25, -0.2) is 4.98 Å². The van der Waals surface area contributed by atoms with E-state index < -0.39 is 0 Å². The molecule has 1 aliphatic heterocycles. The summed E-state index contributed by atoms with van der Waals surface area (Å²) >= 11 is 7.60. The normalized spacial score (nSPS) is 16.4. The predicted octanol–water partition coefficient (Wildman–Crippen LogP) is 4.39. The molecule has 4 rings (SSSR count). The number of rotatable bonds is 5. The lowest BCUT2D eigenvalue weighted by molar-refractivity contribution is 0.0937. The molecule has 0 bridgehead atoms. The molecule has 0 saturated carbocycles. The molecule has 1 atom stereocenters. The van der Waals surface area contributed by atoms with Crippen LogP contribution in [-0.4, -0.2) is 22.3 Å². The van der Waals surface area contributed by atoms with Crippen LogP contribution in [0.5, 0.6) is 0 Å². The summed E-state index contributed by atoms with van der Waals surface area (Å²) in [6.07, 6.45) is 2.01. The molecular formula is C21H18ClN3O2S. The second kappa shape index (κ2) is 8.36. The lowest BCUT2D eigenvalue weighted by Crippen LogP contribution is -2.28. The molecule has 1 aliphatic rings. The number of thioether (sulfide) groups is 1. The molecule has 0 spiro atoms. The molecule has 1 fully saturated rings. The van der Waals surface area contributed by atoms with E-state index in [9.17, 15) is 4.79 Å². The number of aromatic nitrogens is 2. The van der Waals surface area contributed by atoms with Gasteiger partial charge in [0, 0.05) is 17.4 Å². The van der Waals surface area contributed by atoms with Crippen LogP contribution >= 0.6 is 23.4 Å². The number of benzene rings is 2. The van der Waals surface area contributed by atoms with Gasteiger partial charge in [-0.3, -0.25) is 9.36 Å².